The smallest absolute Gasteiger partial charge is 0.147 e. The summed E-state index contributed by atoms with van der Waals surface area (Å²) in [5, 5.41) is 3.20. The Morgan fingerprint density at radius 1 is 1.33 bits per heavy atom. The maximum absolute atomic E-state index is 13.5. The summed E-state index contributed by atoms with van der Waals surface area (Å²) in [4.78, 5) is 0. The number of sulfone groups is 1. The van der Waals surface area contributed by atoms with Gasteiger partial charge in [-0.25, -0.2) is 12.8 Å². The van der Waals surface area contributed by atoms with Crippen LogP contribution in [0.5, 0.6) is 0 Å². The van der Waals surface area contributed by atoms with Gasteiger partial charge in [-0.2, -0.15) is 0 Å². The van der Waals surface area contributed by atoms with Crippen LogP contribution in [0.3, 0.4) is 0 Å². The molecule has 0 amide bonds. The van der Waals surface area contributed by atoms with Gasteiger partial charge < -0.3 is 5.32 Å². The fourth-order valence-electron chi connectivity index (χ4n) is 1.85. The molecule has 18 heavy (non-hydrogen) atoms. The number of halogens is 1. The van der Waals surface area contributed by atoms with Gasteiger partial charge in [0.15, 0.2) is 0 Å². The first-order valence-corrected chi connectivity index (χ1v) is 8.13. The van der Waals surface area contributed by atoms with E-state index < -0.39 is 9.84 Å². The monoisotopic (exact) mass is 273 g/mol. The van der Waals surface area contributed by atoms with Crippen LogP contribution in [-0.2, 0) is 16.3 Å². The van der Waals surface area contributed by atoms with E-state index in [1.165, 1.54) is 12.3 Å². The Hall–Kier alpha value is -0.940. The van der Waals surface area contributed by atoms with Crippen molar-refractivity contribution in [2.75, 3.05) is 18.6 Å². The van der Waals surface area contributed by atoms with Crippen molar-refractivity contribution in [2.24, 2.45) is 0 Å². The van der Waals surface area contributed by atoms with E-state index >= 15 is 0 Å². The highest BCUT2D eigenvalue weighted by Gasteiger charge is 2.13. The van der Waals surface area contributed by atoms with E-state index in [0.717, 1.165) is 6.54 Å². The van der Waals surface area contributed by atoms with Gasteiger partial charge in [-0.1, -0.05) is 25.1 Å². The summed E-state index contributed by atoms with van der Waals surface area (Å²) in [5.74, 6) is -0.112. The summed E-state index contributed by atoms with van der Waals surface area (Å²) >= 11 is 0. The van der Waals surface area contributed by atoms with Crippen LogP contribution < -0.4 is 5.32 Å². The van der Waals surface area contributed by atoms with Gasteiger partial charge in [0.1, 0.15) is 15.7 Å². The third-order valence-corrected chi connectivity index (χ3v) is 3.73. The van der Waals surface area contributed by atoms with Crippen LogP contribution in [0.1, 0.15) is 18.9 Å². The minimum Gasteiger partial charge on any atom is -0.314 e. The molecule has 0 saturated carbocycles. The lowest BCUT2D eigenvalue weighted by Crippen LogP contribution is -2.33. The van der Waals surface area contributed by atoms with Gasteiger partial charge >= 0.3 is 0 Å². The third-order valence-electron chi connectivity index (χ3n) is 2.75. The first kappa shape index (κ1) is 15.1. The van der Waals surface area contributed by atoms with E-state index in [1.807, 2.05) is 6.92 Å². The minimum absolute atomic E-state index is 0.0124. The van der Waals surface area contributed by atoms with Crippen molar-refractivity contribution in [1.82, 2.24) is 5.32 Å². The van der Waals surface area contributed by atoms with Crippen LogP contribution in [0.25, 0.3) is 0 Å². The molecule has 1 atom stereocenters. The number of benzene rings is 1. The molecule has 0 saturated heterocycles. The quantitative estimate of drug-likeness (QED) is 0.823. The van der Waals surface area contributed by atoms with Gasteiger partial charge in [-0.15, -0.1) is 0 Å². The summed E-state index contributed by atoms with van der Waals surface area (Å²) < 4.78 is 35.8. The molecule has 1 unspecified atom stereocenters. The molecular weight excluding hydrogens is 253 g/mol. The average Bonchev–Trinajstić information content (AvgIpc) is 2.28. The molecule has 1 N–H and O–H groups in total. The van der Waals surface area contributed by atoms with Crippen molar-refractivity contribution >= 4 is 9.84 Å². The SMILES string of the molecule is CCNC(CCS(C)(=O)=O)Cc1ccccc1F. The number of hydrogen-bond donors (Lipinski definition) is 1. The summed E-state index contributed by atoms with van der Waals surface area (Å²) in [5.41, 5.74) is 0.622. The van der Waals surface area contributed by atoms with Crippen LogP contribution in [0, 0.1) is 5.82 Å². The molecule has 0 aromatic heterocycles. The predicted octanol–water partition coefficient (Wildman–Crippen LogP) is 1.78. The Balaban J connectivity index is 2.66. The lowest BCUT2D eigenvalue weighted by Gasteiger charge is -2.17. The lowest BCUT2D eigenvalue weighted by atomic mass is 10.0. The van der Waals surface area contributed by atoms with Gasteiger partial charge in [0.05, 0.1) is 5.75 Å². The summed E-state index contributed by atoms with van der Waals surface area (Å²) in [7, 11) is -2.97. The zero-order valence-corrected chi connectivity index (χ0v) is 11.6. The van der Waals surface area contributed by atoms with Crippen molar-refractivity contribution in [3.63, 3.8) is 0 Å². The number of rotatable bonds is 7. The maximum atomic E-state index is 13.5. The lowest BCUT2D eigenvalue weighted by molar-refractivity contribution is 0.493. The number of likely N-dealkylation sites (N-methyl/N-ethyl adjacent to an activating group) is 1. The minimum atomic E-state index is -2.97. The Morgan fingerprint density at radius 3 is 2.56 bits per heavy atom. The van der Waals surface area contributed by atoms with E-state index in [9.17, 15) is 12.8 Å². The fourth-order valence-corrected chi connectivity index (χ4v) is 2.56. The van der Waals surface area contributed by atoms with Crippen LogP contribution in [0.2, 0.25) is 0 Å². The molecule has 0 spiro atoms. The molecule has 1 aromatic carbocycles. The molecule has 0 radical (unpaired) electrons. The normalized spacial score (nSPS) is 13.5. The van der Waals surface area contributed by atoms with Crippen LogP contribution in [0.4, 0.5) is 4.39 Å². The van der Waals surface area contributed by atoms with Crippen molar-refractivity contribution in [3.05, 3.63) is 35.6 Å². The van der Waals surface area contributed by atoms with Gasteiger partial charge in [-0.05, 0) is 31.0 Å². The van der Waals surface area contributed by atoms with E-state index in [4.69, 9.17) is 0 Å². The zero-order chi connectivity index (χ0) is 13.6. The zero-order valence-electron chi connectivity index (χ0n) is 10.8. The molecule has 0 aliphatic carbocycles. The molecule has 3 nitrogen and oxygen atoms in total. The summed E-state index contributed by atoms with van der Waals surface area (Å²) in [6.45, 7) is 2.69. The Morgan fingerprint density at radius 2 is 2.00 bits per heavy atom. The Kier molecular flexibility index (Phi) is 5.75. The predicted molar refractivity (Wildman–Crippen MR) is 71.9 cm³/mol. The number of hydrogen-bond acceptors (Lipinski definition) is 3. The second kappa shape index (κ2) is 6.85. The largest absolute Gasteiger partial charge is 0.314 e. The molecule has 0 fully saturated rings. The van der Waals surface area contributed by atoms with E-state index in [2.05, 4.69) is 5.32 Å². The summed E-state index contributed by atoms with van der Waals surface area (Å²) in [6.07, 6.45) is 2.23. The van der Waals surface area contributed by atoms with Gasteiger partial charge in [-0.3, -0.25) is 0 Å². The van der Waals surface area contributed by atoms with Crippen molar-refractivity contribution in [2.45, 2.75) is 25.8 Å². The highest BCUT2D eigenvalue weighted by atomic mass is 32.2. The van der Waals surface area contributed by atoms with Gasteiger partial charge in [0, 0.05) is 12.3 Å². The molecule has 0 aliphatic heterocycles. The summed E-state index contributed by atoms with van der Waals surface area (Å²) in [6, 6.07) is 6.59. The Labute approximate surface area is 108 Å². The second-order valence-corrected chi connectivity index (χ2v) is 6.73. The van der Waals surface area contributed by atoms with E-state index in [1.54, 1.807) is 18.2 Å². The van der Waals surface area contributed by atoms with Crippen LogP contribution in [0.15, 0.2) is 24.3 Å². The first-order valence-electron chi connectivity index (χ1n) is 6.07. The molecule has 0 aliphatic rings. The van der Waals surface area contributed by atoms with Crippen molar-refractivity contribution in [3.8, 4) is 0 Å². The maximum Gasteiger partial charge on any atom is 0.147 e. The molecule has 5 heteroatoms. The molecule has 0 heterocycles. The molecule has 1 aromatic rings. The second-order valence-electron chi connectivity index (χ2n) is 4.47. The molecule has 1 rings (SSSR count). The highest BCUT2D eigenvalue weighted by Crippen LogP contribution is 2.11. The van der Waals surface area contributed by atoms with Crippen LogP contribution in [-0.4, -0.2) is 33.0 Å². The highest BCUT2D eigenvalue weighted by molar-refractivity contribution is 7.90. The molecule has 102 valence electrons. The first-order chi connectivity index (χ1) is 8.42. The molecule has 0 bridgehead atoms. The van der Waals surface area contributed by atoms with Gasteiger partial charge in [0.2, 0.25) is 0 Å². The van der Waals surface area contributed by atoms with Crippen molar-refractivity contribution < 1.29 is 12.8 Å². The topological polar surface area (TPSA) is 46.2 Å². The Bertz CT molecular complexity index is 474. The van der Waals surface area contributed by atoms with Gasteiger partial charge in [0.25, 0.3) is 0 Å². The number of nitrogens with one attached hydrogen (secondary N) is 1. The third kappa shape index (κ3) is 5.60. The molecular formula is C13H20FNO2S. The average molecular weight is 273 g/mol. The van der Waals surface area contributed by atoms with E-state index in [0.29, 0.717) is 18.4 Å². The van der Waals surface area contributed by atoms with Crippen molar-refractivity contribution in [1.29, 1.82) is 0 Å². The van der Waals surface area contributed by atoms with Crippen LogP contribution >= 0.6 is 0 Å². The standard InChI is InChI=1S/C13H20FNO2S/c1-3-15-12(8-9-18(2,16)17)10-11-6-4-5-7-13(11)14/h4-7,12,15H,3,8-10H2,1-2H3. The van der Waals surface area contributed by atoms with E-state index in [-0.39, 0.29) is 17.6 Å². The fraction of sp³-hybridized carbons (Fsp3) is 0.538.